The highest BCUT2D eigenvalue weighted by molar-refractivity contribution is 7.99. The number of aromatic nitrogens is 3. The monoisotopic (exact) mass is 460 g/mol. The number of benzene rings is 2. The maximum Gasteiger partial charge on any atom is 0.227 e. The summed E-state index contributed by atoms with van der Waals surface area (Å²) in [6.07, 6.45) is 3.34. The molecule has 0 amide bonds. The van der Waals surface area contributed by atoms with Gasteiger partial charge < -0.3 is 10.1 Å². The minimum Gasteiger partial charge on any atom is -0.489 e. The molecule has 1 aliphatic carbocycles. The maximum absolute atomic E-state index is 13.0. The number of rotatable bonds is 7. The number of fused-ring (bicyclic) bond motifs is 1. The van der Waals surface area contributed by atoms with Crippen LogP contribution in [0.4, 0.5) is 5.95 Å². The number of carbonyl (C=O) groups excluding carboxylic acids is 1. The van der Waals surface area contributed by atoms with E-state index in [-0.39, 0.29) is 11.8 Å². The fraction of sp³-hybridized carbons (Fsp3) is 0.346. The minimum absolute atomic E-state index is 0.184. The van der Waals surface area contributed by atoms with Crippen molar-refractivity contribution < 1.29 is 9.53 Å². The van der Waals surface area contributed by atoms with Crippen LogP contribution in [0.15, 0.2) is 65.0 Å². The molecule has 1 aromatic heterocycles. The molecule has 0 radical (unpaired) electrons. The van der Waals surface area contributed by atoms with Crippen LogP contribution >= 0.6 is 11.8 Å². The zero-order valence-corrected chi connectivity index (χ0v) is 19.8. The second-order valence-electron chi connectivity index (χ2n) is 8.55. The third kappa shape index (κ3) is 4.55. The Morgan fingerprint density at radius 2 is 2.03 bits per heavy atom. The van der Waals surface area contributed by atoms with Gasteiger partial charge >= 0.3 is 0 Å². The third-order valence-corrected chi connectivity index (χ3v) is 7.03. The van der Waals surface area contributed by atoms with Gasteiger partial charge in [-0.1, -0.05) is 60.6 Å². The summed E-state index contributed by atoms with van der Waals surface area (Å²) < 4.78 is 7.98. The van der Waals surface area contributed by atoms with E-state index in [2.05, 4.69) is 43.4 Å². The molecule has 0 fully saturated rings. The molecule has 6 nitrogen and oxygen atoms in total. The third-order valence-electron chi connectivity index (χ3n) is 5.98. The number of nitrogens with zero attached hydrogens (tertiary/aromatic N) is 3. The summed E-state index contributed by atoms with van der Waals surface area (Å²) in [6.45, 7) is 4.72. The summed E-state index contributed by atoms with van der Waals surface area (Å²) in [7, 11) is 0. The zero-order chi connectivity index (χ0) is 22.8. The minimum atomic E-state index is -0.296. The van der Waals surface area contributed by atoms with Gasteiger partial charge in [0.15, 0.2) is 5.78 Å². The van der Waals surface area contributed by atoms with E-state index in [1.54, 1.807) is 11.8 Å². The Balaban J connectivity index is 1.47. The van der Waals surface area contributed by atoms with Gasteiger partial charge in [-0.25, -0.2) is 4.68 Å². The molecule has 1 aliphatic heterocycles. The lowest BCUT2D eigenvalue weighted by Gasteiger charge is -2.32. The summed E-state index contributed by atoms with van der Waals surface area (Å²) in [5.41, 5.74) is 5.12. The number of hydrogen-bond donors (Lipinski definition) is 1. The van der Waals surface area contributed by atoms with Crippen molar-refractivity contribution in [3.63, 3.8) is 0 Å². The van der Waals surface area contributed by atoms with Crippen LogP contribution in [0.5, 0.6) is 5.75 Å². The summed E-state index contributed by atoms with van der Waals surface area (Å²) in [5, 5.41) is 8.92. The van der Waals surface area contributed by atoms with Crippen molar-refractivity contribution in [2.45, 2.75) is 57.3 Å². The van der Waals surface area contributed by atoms with E-state index < -0.39 is 0 Å². The van der Waals surface area contributed by atoms with Gasteiger partial charge in [0.25, 0.3) is 0 Å². The SMILES string of the molecule is CCCSc1nc2n(n1)C(c1cccc(OCc3ccc(C)cc3)c1)C1=C(CCCC1=O)N2. The van der Waals surface area contributed by atoms with Gasteiger partial charge in [-0.3, -0.25) is 4.79 Å². The Morgan fingerprint density at radius 1 is 1.18 bits per heavy atom. The molecular formula is C26H28N4O2S. The number of ether oxygens (including phenoxy) is 1. The van der Waals surface area contributed by atoms with E-state index in [4.69, 9.17) is 14.8 Å². The average Bonchev–Trinajstić information content (AvgIpc) is 3.24. The molecule has 1 unspecified atom stereocenters. The van der Waals surface area contributed by atoms with Gasteiger partial charge in [-0.05, 0) is 49.4 Å². The van der Waals surface area contributed by atoms with Gasteiger partial charge in [0, 0.05) is 23.4 Å². The number of carbonyl (C=O) groups is 1. The van der Waals surface area contributed by atoms with Crippen molar-refractivity contribution in [2.24, 2.45) is 0 Å². The molecule has 5 rings (SSSR count). The number of ketones is 1. The van der Waals surface area contributed by atoms with E-state index in [0.29, 0.717) is 19.0 Å². The first-order valence-corrected chi connectivity index (χ1v) is 12.5. The second kappa shape index (κ2) is 9.43. The van der Waals surface area contributed by atoms with Crippen LogP contribution in [-0.2, 0) is 11.4 Å². The Morgan fingerprint density at radius 3 is 2.85 bits per heavy atom. The second-order valence-corrected chi connectivity index (χ2v) is 9.62. The fourth-order valence-corrected chi connectivity index (χ4v) is 5.01. The predicted octanol–water partition coefficient (Wildman–Crippen LogP) is 5.69. The van der Waals surface area contributed by atoms with Crippen LogP contribution in [0.3, 0.4) is 0 Å². The lowest BCUT2D eigenvalue weighted by atomic mass is 9.85. The van der Waals surface area contributed by atoms with E-state index in [1.807, 2.05) is 28.9 Å². The molecule has 170 valence electrons. The van der Waals surface area contributed by atoms with Crippen LogP contribution in [0, 0.1) is 6.92 Å². The Labute approximate surface area is 198 Å². The van der Waals surface area contributed by atoms with Gasteiger partial charge in [0.1, 0.15) is 18.4 Å². The lowest BCUT2D eigenvalue weighted by molar-refractivity contribution is -0.116. The van der Waals surface area contributed by atoms with E-state index in [1.165, 1.54) is 5.56 Å². The molecule has 33 heavy (non-hydrogen) atoms. The van der Waals surface area contributed by atoms with Crippen molar-refractivity contribution in [2.75, 3.05) is 11.1 Å². The van der Waals surface area contributed by atoms with E-state index in [9.17, 15) is 4.79 Å². The van der Waals surface area contributed by atoms with Crippen LogP contribution in [0.25, 0.3) is 0 Å². The molecule has 2 aliphatic rings. The molecule has 3 aromatic rings. The number of Topliss-reactive ketones (excluding diaryl/α,β-unsaturated/α-hetero) is 1. The molecule has 2 aromatic carbocycles. The van der Waals surface area contributed by atoms with E-state index in [0.717, 1.165) is 58.3 Å². The highest BCUT2D eigenvalue weighted by Crippen LogP contribution is 2.41. The first kappa shape index (κ1) is 21.8. The summed E-state index contributed by atoms with van der Waals surface area (Å²) in [5.74, 6) is 2.63. The van der Waals surface area contributed by atoms with Crippen LogP contribution in [0.2, 0.25) is 0 Å². The molecular weight excluding hydrogens is 432 g/mol. The van der Waals surface area contributed by atoms with Crippen LogP contribution < -0.4 is 10.1 Å². The van der Waals surface area contributed by atoms with Crippen molar-refractivity contribution in [1.29, 1.82) is 0 Å². The van der Waals surface area contributed by atoms with Crippen molar-refractivity contribution >= 4 is 23.5 Å². The van der Waals surface area contributed by atoms with Gasteiger partial charge in [-0.2, -0.15) is 4.98 Å². The summed E-state index contributed by atoms with van der Waals surface area (Å²) in [4.78, 5) is 17.7. The van der Waals surface area contributed by atoms with Crippen molar-refractivity contribution in [3.8, 4) is 5.75 Å². The molecule has 0 spiro atoms. The highest BCUT2D eigenvalue weighted by atomic mass is 32.2. The quantitative estimate of drug-likeness (QED) is 0.457. The molecule has 1 atom stereocenters. The van der Waals surface area contributed by atoms with Crippen molar-refractivity contribution in [3.05, 3.63) is 76.5 Å². The largest absolute Gasteiger partial charge is 0.489 e. The number of thioether (sulfide) groups is 1. The topological polar surface area (TPSA) is 69.0 Å². The lowest BCUT2D eigenvalue weighted by Crippen LogP contribution is -2.31. The number of allylic oxidation sites excluding steroid dienone is 2. The number of hydrogen-bond acceptors (Lipinski definition) is 6. The molecule has 0 saturated heterocycles. The molecule has 0 saturated carbocycles. The Bertz CT molecular complexity index is 1200. The first-order valence-electron chi connectivity index (χ1n) is 11.5. The average molecular weight is 461 g/mol. The van der Waals surface area contributed by atoms with Gasteiger partial charge in [-0.15, -0.1) is 5.10 Å². The molecule has 7 heteroatoms. The van der Waals surface area contributed by atoms with E-state index >= 15 is 0 Å². The fourth-order valence-electron chi connectivity index (χ4n) is 4.32. The summed E-state index contributed by atoms with van der Waals surface area (Å²) in [6, 6.07) is 16.1. The van der Waals surface area contributed by atoms with Gasteiger partial charge in [0.2, 0.25) is 11.1 Å². The summed E-state index contributed by atoms with van der Waals surface area (Å²) >= 11 is 1.64. The highest BCUT2D eigenvalue weighted by Gasteiger charge is 2.37. The number of nitrogens with one attached hydrogen (secondary N) is 1. The normalized spacial score (nSPS) is 17.4. The molecule has 2 heterocycles. The van der Waals surface area contributed by atoms with Crippen LogP contribution in [-0.4, -0.2) is 26.3 Å². The smallest absolute Gasteiger partial charge is 0.227 e. The number of anilines is 1. The standard InChI is InChI=1S/C26H28N4O2S/c1-3-14-33-26-28-25-27-21-8-5-9-22(31)23(21)24(30(25)29-26)19-6-4-7-20(15-19)32-16-18-12-10-17(2)11-13-18/h4,6-7,10-13,15,24H,3,5,8-9,14,16H2,1-2H3,(H,27,28,29). The molecule has 0 bridgehead atoms. The molecule has 1 N–H and O–H groups in total. The Kier molecular flexibility index (Phi) is 6.22. The Hall–Kier alpha value is -3.06. The van der Waals surface area contributed by atoms with Gasteiger partial charge in [0.05, 0.1) is 0 Å². The number of aryl methyl sites for hydroxylation is 1. The zero-order valence-electron chi connectivity index (χ0n) is 19.0. The van der Waals surface area contributed by atoms with Crippen LogP contribution in [0.1, 0.15) is 55.3 Å². The maximum atomic E-state index is 13.0. The predicted molar refractivity (Wildman–Crippen MR) is 131 cm³/mol. The first-order chi connectivity index (χ1) is 16.1. The van der Waals surface area contributed by atoms with Crippen molar-refractivity contribution in [1.82, 2.24) is 14.8 Å².